The molecule has 0 aromatic heterocycles. The normalized spacial score (nSPS) is 13.2. The minimum atomic E-state index is 0.0778. The molecule has 0 nitrogen and oxygen atoms in total. The highest BCUT2D eigenvalue weighted by atomic mass is 14.3. The highest BCUT2D eigenvalue weighted by Gasteiger charge is 2.25. The van der Waals surface area contributed by atoms with Crippen LogP contribution in [0.5, 0.6) is 0 Å². The molecule has 0 unspecified atom stereocenters. The zero-order valence-electron chi connectivity index (χ0n) is 17.0. The van der Waals surface area contributed by atoms with E-state index in [-0.39, 0.29) is 16.2 Å². The molecule has 0 atom stereocenters. The molecule has 0 N–H and O–H groups in total. The van der Waals surface area contributed by atoms with E-state index in [0.717, 1.165) is 0 Å². The van der Waals surface area contributed by atoms with Gasteiger partial charge in [0.1, 0.15) is 0 Å². The molecule has 0 aliphatic rings. The van der Waals surface area contributed by atoms with Crippen LogP contribution in [0.1, 0.15) is 79.0 Å². The molecule has 0 amide bonds. The second-order valence-corrected chi connectivity index (χ2v) is 9.97. The second-order valence-electron chi connectivity index (χ2n) is 9.97. The fourth-order valence-electron chi connectivity index (χ4n) is 3.15. The van der Waals surface area contributed by atoms with Crippen LogP contribution in [0.3, 0.4) is 0 Å². The van der Waals surface area contributed by atoms with Gasteiger partial charge in [-0.1, -0.05) is 98.7 Å². The van der Waals surface area contributed by atoms with Gasteiger partial charge in [0.05, 0.1) is 0 Å². The third kappa shape index (κ3) is 3.91. The van der Waals surface area contributed by atoms with E-state index in [1.807, 2.05) is 6.07 Å². The van der Waals surface area contributed by atoms with Crippen LogP contribution in [0.2, 0.25) is 0 Å². The maximum absolute atomic E-state index is 3.50. The molecule has 0 bridgehead atoms. The minimum absolute atomic E-state index is 0.0778. The van der Waals surface area contributed by atoms with Crippen molar-refractivity contribution in [1.29, 1.82) is 0 Å². The molecule has 0 heteroatoms. The maximum Gasteiger partial charge on any atom is -0.0120 e. The molecule has 129 valence electrons. The Kier molecular flexibility index (Phi) is 4.74. The molecule has 0 saturated carbocycles. The summed E-state index contributed by atoms with van der Waals surface area (Å²) in [5.41, 5.74) is 7.10. The Balaban J connectivity index is 2.77. The van der Waals surface area contributed by atoms with Crippen LogP contribution in [0.15, 0.2) is 36.4 Å². The predicted molar refractivity (Wildman–Crippen MR) is 107 cm³/mol. The van der Waals surface area contributed by atoms with Gasteiger partial charge in [0.15, 0.2) is 0 Å². The molecule has 0 heterocycles. The molecule has 24 heavy (non-hydrogen) atoms. The van der Waals surface area contributed by atoms with Gasteiger partial charge >= 0.3 is 0 Å². The van der Waals surface area contributed by atoms with E-state index in [9.17, 15) is 0 Å². The van der Waals surface area contributed by atoms with Gasteiger partial charge in [-0.05, 0) is 50.1 Å². The topological polar surface area (TPSA) is 0 Å². The lowest BCUT2D eigenvalue weighted by Gasteiger charge is -2.30. The lowest BCUT2D eigenvalue weighted by molar-refractivity contribution is 0.568. The summed E-state index contributed by atoms with van der Waals surface area (Å²) in [4.78, 5) is 0. The molecule has 2 aromatic rings. The first kappa shape index (κ1) is 18.8. The smallest absolute Gasteiger partial charge is 0.0120 e. The minimum Gasteiger partial charge on any atom is -0.0610 e. The van der Waals surface area contributed by atoms with Crippen molar-refractivity contribution >= 4 is 0 Å². The third-order valence-corrected chi connectivity index (χ3v) is 4.59. The standard InChI is InChI=1S/C24H33/c1-22(2,3)17-14-15-19(21(16-17)24(7,8)9)18-12-10-11-13-20(18)23(4,5)6/h10-12,14-16H,1-9H3. The number of hydrogen-bond acceptors (Lipinski definition) is 0. The molecule has 2 rings (SSSR count). The highest BCUT2D eigenvalue weighted by molar-refractivity contribution is 5.73. The van der Waals surface area contributed by atoms with E-state index < -0.39 is 0 Å². The number of benzene rings is 2. The summed E-state index contributed by atoms with van der Waals surface area (Å²) in [5, 5.41) is 0. The average Bonchev–Trinajstić information content (AvgIpc) is 2.44. The highest BCUT2D eigenvalue weighted by Crippen LogP contribution is 2.40. The van der Waals surface area contributed by atoms with Gasteiger partial charge in [0.2, 0.25) is 0 Å². The number of hydrogen-bond donors (Lipinski definition) is 0. The average molecular weight is 322 g/mol. The first-order valence-corrected chi connectivity index (χ1v) is 8.98. The van der Waals surface area contributed by atoms with Crippen LogP contribution < -0.4 is 0 Å². The number of rotatable bonds is 1. The van der Waals surface area contributed by atoms with Gasteiger partial charge in [0, 0.05) is 0 Å². The summed E-state index contributed by atoms with van der Waals surface area (Å²) in [7, 11) is 0. The quantitative estimate of drug-likeness (QED) is 0.528. The molecule has 0 saturated heterocycles. The Hall–Kier alpha value is -1.56. The fourth-order valence-corrected chi connectivity index (χ4v) is 3.15. The van der Waals surface area contributed by atoms with E-state index >= 15 is 0 Å². The summed E-state index contributed by atoms with van der Waals surface area (Å²) in [5.74, 6) is 0. The summed E-state index contributed by atoms with van der Waals surface area (Å²) in [6, 6.07) is 16.9. The first-order chi connectivity index (χ1) is 10.8. The van der Waals surface area contributed by atoms with Crippen LogP contribution in [0.4, 0.5) is 0 Å². The molecule has 0 spiro atoms. The van der Waals surface area contributed by atoms with Gasteiger partial charge in [-0.3, -0.25) is 0 Å². The Labute approximate surface area is 149 Å². The Morgan fingerprint density at radius 3 is 1.79 bits per heavy atom. The summed E-state index contributed by atoms with van der Waals surface area (Å²) in [6.07, 6.45) is 0. The molecule has 0 fully saturated rings. The van der Waals surface area contributed by atoms with Crippen LogP contribution >= 0.6 is 0 Å². The van der Waals surface area contributed by atoms with Crippen molar-refractivity contribution in [3.05, 3.63) is 59.2 Å². The summed E-state index contributed by atoms with van der Waals surface area (Å²) < 4.78 is 0. The van der Waals surface area contributed by atoms with Gasteiger partial charge in [-0.25, -0.2) is 0 Å². The van der Waals surface area contributed by atoms with E-state index in [1.54, 1.807) is 0 Å². The maximum atomic E-state index is 3.50. The van der Waals surface area contributed by atoms with Crippen molar-refractivity contribution in [1.82, 2.24) is 0 Å². The second kappa shape index (κ2) is 6.06. The van der Waals surface area contributed by atoms with Crippen LogP contribution in [-0.2, 0) is 16.2 Å². The molecular weight excluding hydrogens is 288 g/mol. The summed E-state index contributed by atoms with van der Waals surface area (Å²) >= 11 is 0. The predicted octanol–water partition coefficient (Wildman–Crippen LogP) is 7.05. The van der Waals surface area contributed by atoms with Crippen molar-refractivity contribution < 1.29 is 0 Å². The van der Waals surface area contributed by atoms with Crippen molar-refractivity contribution in [2.75, 3.05) is 0 Å². The summed E-state index contributed by atoms with van der Waals surface area (Å²) in [6.45, 7) is 20.6. The zero-order valence-corrected chi connectivity index (χ0v) is 17.0. The molecule has 0 aliphatic carbocycles. The lowest BCUT2D eigenvalue weighted by Crippen LogP contribution is -2.19. The van der Waals surface area contributed by atoms with Gasteiger partial charge in [0.25, 0.3) is 0 Å². The SMILES string of the molecule is CC(C)(C)c1ccc(-c2ccc[c]c2C(C)(C)C)c(C(C)(C)C)c1. The van der Waals surface area contributed by atoms with E-state index in [4.69, 9.17) is 0 Å². The zero-order chi connectivity index (χ0) is 18.3. The van der Waals surface area contributed by atoms with Crippen LogP contribution in [0, 0.1) is 6.07 Å². The van der Waals surface area contributed by atoms with Crippen LogP contribution in [0.25, 0.3) is 11.1 Å². The molecular formula is C24H33. The molecule has 2 aromatic carbocycles. The van der Waals surface area contributed by atoms with Crippen molar-refractivity contribution in [3.63, 3.8) is 0 Å². The third-order valence-electron chi connectivity index (χ3n) is 4.59. The first-order valence-electron chi connectivity index (χ1n) is 8.98. The van der Waals surface area contributed by atoms with Crippen molar-refractivity contribution in [3.8, 4) is 11.1 Å². The Morgan fingerprint density at radius 2 is 1.29 bits per heavy atom. The largest absolute Gasteiger partial charge is 0.0610 e. The fraction of sp³-hybridized carbons (Fsp3) is 0.500. The van der Waals surface area contributed by atoms with E-state index in [2.05, 4.69) is 98.7 Å². The van der Waals surface area contributed by atoms with Crippen molar-refractivity contribution in [2.45, 2.75) is 78.6 Å². The Morgan fingerprint density at radius 1 is 0.667 bits per heavy atom. The van der Waals surface area contributed by atoms with E-state index in [0.29, 0.717) is 0 Å². The van der Waals surface area contributed by atoms with Crippen LogP contribution in [-0.4, -0.2) is 0 Å². The molecule has 0 aliphatic heterocycles. The van der Waals surface area contributed by atoms with Gasteiger partial charge in [-0.2, -0.15) is 0 Å². The van der Waals surface area contributed by atoms with Gasteiger partial charge < -0.3 is 0 Å². The van der Waals surface area contributed by atoms with Crippen molar-refractivity contribution in [2.24, 2.45) is 0 Å². The Bertz CT molecular complexity index is 713. The van der Waals surface area contributed by atoms with Gasteiger partial charge in [-0.15, -0.1) is 0 Å². The lowest BCUT2D eigenvalue weighted by atomic mass is 9.74. The monoisotopic (exact) mass is 321 g/mol. The van der Waals surface area contributed by atoms with E-state index in [1.165, 1.54) is 27.8 Å². The molecule has 1 radical (unpaired) electrons.